The summed E-state index contributed by atoms with van der Waals surface area (Å²) in [5.74, 6) is -0.735. The zero-order chi connectivity index (χ0) is 18.8. The molecule has 27 heavy (non-hydrogen) atoms. The molecule has 1 fully saturated rings. The molecular formula is C23H24N2O2. The molecule has 138 valence electrons. The lowest BCUT2D eigenvalue weighted by Gasteiger charge is -2.39. The number of aryl methyl sites for hydroxylation is 1. The van der Waals surface area contributed by atoms with Crippen molar-refractivity contribution in [1.29, 1.82) is 0 Å². The molecule has 4 rings (SSSR count). The molecule has 2 aromatic carbocycles. The maximum absolute atomic E-state index is 12.0. The van der Waals surface area contributed by atoms with Crippen LogP contribution in [-0.2, 0) is 4.79 Å². The molecule has 4 heteroatoms. The number of pyridine rings is 1. The molecule has 1 saturated heterocycles. The molecule has 3 aromatic rings. The average Bonchev–Trinajstić information content (AvgIpc) is 2.68. The molecule has 0 aliphatic carbocycles. The Labute approximate surface area is 159 Å². The molecule has 1 aliphatic rings. The lowest BCUT2D eigenvalue weighted by Crippen LogP contribution is -2.46. The smallest absolute Gasteiger partial charge is 0.320 e. The van der Waals surface area contributed by atoms with Gasteiger partial charge in [-0.05, 0) is 49.6 Å². The van der Waals surface area contributed by atoms with E-state index in [-0.39, 0.29) is 6.04 Å². The van der Waals surface area contributed by atoms with E-state index in [9.17, 15) is 9.90 Å². The summed E-state index contributed by atoms with van der Waals surface area (Å²) in [5, 5.41) is 10.9. The molecule has 2 heterocycles. The van der Waals surface area contributed by atoms with Crippen molar-refractivity contribution in [3.63, 3.8) is 0 Å². The van der Waals surface area contributed by atoms with Crippen LogP contribution in [0.4, 0.5) is 0 Å². The molecule has 1 aliphatic heterocycles. The second-order valence-corrected chi connectivity index (χ2v) is 7.37. The van der Waals surface area contributed by atoms with Gasteiger partial charge in [0, 0.05) is 11.6 Å². The highest BCUT2D eigenvalue weighted by Gasteiger charge is 2.35. The van der Waals surface area contributed by atoms with Crippen molar-refractivity contribution in [2.75, 3.05) is 6.54 Å². The van der Waals surface area contributed by atoms with E-state index in [1.807, 2.05) is 30.5 Å². The van der Waals surface area contributed by atoms with E-state index in [1.165, 1.54) is 5.56 Å². The largest absolute Gasteiger partial charge is 0.480 e. The Kier molecular flexibility index (Phi) is 4.90. The topological polar surface area (TPSA) is 53.4 Å². The van der Waals surface area contributed by atoms with Gasteiger partial charge in [-0.15, -0.1) is 0 Å². The maximum atomic E-state index is 12.0. The second kappa shape index (κ2) is 7.49. The van der Waals surface area contributed by atoms with Crippen LogP contribution in [0.15, 0.2) is 60.8 Å². The van der Waals surface area contributed by atoms with Crippen LogP contribution in [0.25, 0.3) is 10.9 Å². The first-order valence-corrected chi connectivity index (χ1v) is 9.53. The first-order chi connectivity index (χ1) is 13.1. The second-order valence-electron chi connectivity index (χ2n) is 7.37. The third-order valence-corrected chi connectivity index (χ3v) is 5.45. The van der Waals surface area contributed by atoms with Crippen molar-refractivity contribution in [3.8, 4) is 0 Å². The van der Waals surface area contributed by atoms with Gasteiger partial charge in [0.1, 0.15) is 6.04 Å². The minimum absolute atomic E-state index is 0.108. The summed E-state index contributed by atoms with van der Waals surface area (Å²) in [5.41, 5.74) is 4.31. The number of aromatic nitrogens is 1. The van der Waals surface area contributed by atoms with Crippen molar-refractivity contribution in [3.05, 3.63) is 77.5 Å². The number of hydrogen-bond acceptors (Lipinski definition) is 3. The van der Waals surface area contributed by atoms with E-state index in [0.29, 0.717) is 6.42 Å². The summed E-state index contributed by atoms with van der Waals surface area (Å²) in [6, 6.07) is 18.0. The molecule has 0 saturated carbocycles. The number of hydrogen-bond donors (Lipinski definition) is 1. The quantitative estimate of drug-likeness (QED) is 0.740. The van der Waals surface area contributed by atoms with E-state index in [1.54, 1.807) is 0 Å². The summed E-state index contributed by atoms with van der Waals surface area (Å²) in [7, 11) is 0. The Morgan fingerprint density at radius 3 is 2.78 bits per heavy atom. The van der Waals surface area contributed by atoms with Gasteiger partial charge in [0.25, 0.3) is 0 Å². The summed E-state index contributed by atoms with van der Waals surface area (Å²) in [6.45, 7) is 2.85. The monoisotopic (exact) mass is 360 g/mol. The Hall–Kier alpha value is -2.72. The highest BCUT2D eigenvalue weighted by molar-refractivity contribution is 5.79. The fourth-order valence-corrected chi connectivity index (χ4v) is 4.18. The fourth-order valence-electron chi connectivity index (χ4n) is 4.18. The zero-order valence-corrected chi connectivity index (χ0v) is 15.5. The Balaban J connectivity index is 1.85. The fraction of sp³-hybridized carbons (Fsp3) is 0.304. The third kappa shape index (κ3) is 3.58. The number of aliphatic carboxylic acids is 1. The highest BCUT2D eigenvalue weighted by atomic mass is 16.4. The number of nitrogens with zero attached hydrogens (tertiary/aromatic N) is 2. The van der Waals surface area contributed by atoms with Crippen LogP contribution in [0.3, 0.4) is 0 Å². The molecular weight excluding hydrogens is 336 g/mol. The first kappa shape index (κ1) is 17.7. The Bertz CT molecular complexity index is 969. The molecule has 0 bridgehead atoms. The van der Waals surface area contributed by atoms with E-state index in [2.05, 4.69) is 47.1 Å². The van der Waals surface area contributed by atoms with Gasteiger partial charge in [-0.25, -0.2) is 0 Å². The van der Waals surface area contributed by atoms with Crippen LogP contribution >= 0.6 is 0 Å². The van der Waals surface area contributed by atoms with Gasteiger partial charge in [-0.2, -0.15) is 0 Å². The highest BCUT2D eigenvalue weighted by Crippen LogP contribution is 2.35. The van der Waals surface area contributed by atoms with E-state index in [0.717, 1.165) is 41.4 Å². The van der Waals surface area contributed by atoms with Crippen LogP contribution in [0.2, 0.25) is 0 Å². The van der Waals surface area contributed by atoms with Crippen LogP contribution in [0.1, 0.15) is 42.0 Å². The van der Waals surface area contributed by atoms with E-state index in [4.69, 9.17) is 0 Å². The summed E-state index contributed by atoms with van der Waals surface area (Å²) in [4.78, 5) is 18.7. The van der Waals surface area contributed by atoms with Crippen molar-refractivity contribution in [2.45, 2.75) is 38.3 Å². The summed E-state index contributed by atoms with van der Waals surface area (Å²) in [6.07, 6.45) is 4.58. The maximum Gasteiger partial charge on any atom is 0.320 e. The van der Waals surface area contributed by atoms with Crippen LogP contribution in [0.5, 0.6) is 0 Å². The zero-order valence-electron chi connectivity index (χ0n) is 15.5. The van der Waals surface area contributed by atoms with Crippen molar-refractivity contribution < 1.29 is 9.90 Å². The van der Waals surface area contributed by atoms with Gasteiger partial charge in [0.2, 0.25) is 0 Å². The standard InChI is InChI=1S/C23H24N2O2/c1-16-7-6-9-18(13-16)22(25-12-5-4-11-21(25)23(26)27)19-14-17-8-2-3-10-20(17)24-15-19/h2-3,6-10,13-15,21-22H,4-5,11-12H2,1H3,(H,26,27). The number of rotatable bonds is 4. The van der Waals surface area contributed by atoms with Gasteiger partial charge < -0.3 is 5.11 Å². The Morgan fingerprint density at radius 2 is 1.96 bits per heavy atom. The molecule has 0 spiro atoms. The minimum Gasteiger partial charge on any atom is -0.480 e. The Morgan fingerprint density at radius 1 is 1.11 bits per heavy atom. The van der Waals surface area contributed by atoms with Gasteiger partial charge in [-0.3, -0.25) is 14.7 Å². The molecule has 0 amide bonds. The number of likely N-dealkylation sites (tertiary alicyclic amines) is 1. The molecule has 2 unspecified atom stereocenters. The van der Waals surface area contributed by atoms with Crippen LogP contribution < -0.4 is 0 Å². The van der Waals surface area contributed by atoms with Crippen LogP contribution in [-0.4, -0.2) is 33.5 Å². The number of fused-ring (bicyclic) bond motifs is 1. The molecule has 2 atom stereocenters. The third-order valence-electron chi connectivity index (χ3n) is 5.45. The van der Waals surface area contributed by atoms with E-state index >= 15 is 0 Å². The van der Waals surface area contributed by atoms with Crippen molar-refractivity contribution in [1.82, 2.24) is 9.88 Å². The lowest BCUT2D eigenvalue weighted by molar-refractivity contribution is -0.145. The number of carboxylic acids is 1. The average molecular weight is 360 g/mol. The van der Waals surface area contributed by atoms with Crippen molar-refractivity contribution in [2.24, 2.45) is 0 Å². The number of para-hydroxylation sites is 1. The number of piperidine rings is 1. The minimum atomic E-state index is -0.735. The van der Waals surface area contributed by atoms with E-state index < -0.39 is 12.0 Å². The number of benzene rings is 2. The molecule has 1 N–H and O–H groups in total. The van der Waals surface area contributed by atoms with Crippen LogP contribution in [0, 0.1) is 6.92 Å². The number of carbonyl (C=O) groups is 1. The van der Waals surface area contributed by atoms with Gasteiger partial charge >= 0.3 is 5.97 Å². The van der Waals surface area contributed by atoms with Gasteiger partial charge in [-0.1, -0.05) is 54.4 Å². The predicted octanol–water partition coefficient (Wildman–Crippen LogP) is 4.57. The summed E-state index contributed by atoms with van der Waals surface area (Å²) >= 11 is 0. The summed E-state index contributed by atoms with van der Waals surface area (Å²) < 4.78 is 0. The molecule has 4 nitrogen and oxygen atoms in total. The first-order valence-electron chi connectivity index (χ1n) is 9.53. The predicted molar refractivity (Wildman–Crippen MR) is 107 cm³/mol. The molecule has 0 radical (unpaired) electrons. The normalized spacial score (nSPS) is 19.1. The SMILES string of the molecule is Cc1cccc(C(c2cnc3ccccc3c2)N2CCCCC2C(=O)O)c1. The molecule has 1 aromatic heterocycles. The lowest BCUT2D eigenvalue weighted by atomic mass is 9.91. The number of carboxylic acid groups (broad SMARTS) is 1. The van der Waals surface area contributed by atoms with Crippen molar-refractivity contribution >= 4 is 16.9 Å². The van der Waals surface area contributed by atoms with Gasteiger partial charge in [0.15, 0.2) is 0 Å². The van der Waals surface area contributed by atoms with Gasteiger partial charge in [0.05, 0.1) is 11.6 Å².